The van der Waals surface area contributed by atoms with Crippen LogP contribution in [-0.4, -0.2) is 54.0 Å². The fraction of sp³-hybridized carbons (Fsp3) is 0.500. The highest BCUT2D eigenvalue weighted by molar-refractivity contribution is 7.94. The maximum absolute atomic E-state index is 9.26. The van der Waals surface area contributed by atoms with Crippen LogP contribution in [0.1, 0.15) is 0 Å². The van der Waals surface area contributed by atoms with Crippen molar-refractivity contribution in [2.75, 3.05) is 45.2 Å². The molecular weight excluding hydrogens is 234 g/mol. The number of phenolic OH excluding ortho intramolecular Hbond substituents is 1. The van der Waals surface area contributed by atoms with Gasteiger partial charge in [-0.05, 0) is 38.4 Å². The number of hydrogen-bond donors (Lipinski definition) is 1. The maximum Gasteiger partial charge on any atom is 0.115 e. The number of rotatable bonds is 3. The van der Waals surface area contributed by atoms with Crippen molar-refractivity contribution in [2.24, 2.45) is 0 Å². The summed E-state index contributed by atoms with van der Waals surface area (Å²) in [6, 6.07) is 7.45. The summed E-state index contributed by atoms with van der Waals surface area (Å²) in [6.07, 6.45) is 0. The molecule has 5 heteroatoms. The molecule has 1 aromatic carbocycles. The standard InChI is InChI=1S/C12H19N3OS/c1-13(2)17-15-9-7-14(8-10-15)11-3-5-12(16)6-4-11/h3-6,16H,7-10H2,1-2H3. The van der Waals surface area contributed by atoms with Gasteiger partial charge in [-0.25, -0.2) is 8.61 Å². The Kier molecular flexibility index (Phi) is 4.15. The van der Waals surface area contributed by atoms with Crippen molar-refractivity contribution in [2.45, 2.75) is 0 Å². The lowest BCUT2D eigenvalue weighted by molar-refractivity contribution is 0.416. The number of phenols is 1. The first-order valence-corrected chi connectivity index (χ1v) is 6.52. The summed E-state index contributed by atoms with van der Waals surface area (Å²) >= 11 is 1.78. The van der Waals surface area contributed by atoms with Gasteiger partial charge >= 0.3 is 0 Å². The monoisotopic (exact) mass is 253 g/mol. The van der Waals surface area contributed by atoms with E-state index < -0.39 is 0 Å². The minimum atomic E-state index is 0.329. The molecule has 0 aliphatic carbocycles. The summed E-state index contributed by atoms with van der Waals surface area (Å²) in [5.41, 5.74) is 1.19. The number of anilines is 1. The summed E-state index contributed by atoms with van der Waals surface area (Å²) in [6.45, 7) is 4.19. The van der Waals surface area contributed by atoms with Crippen molar-refractivity contribution < 1.29 is 5.11 Å². The third kappa shape index (κ3) is 3.52. The zero-order valence-electron chi connectivity index (χ0n) is 10.3. The van der Waals surface area contributed by atoms with Crippen LogP contribution in [0.4, 0.5) is 5.69 Å². The lowest BCUT2D eigenvalue weighted by Crippen LogP contribution is -2.44. The topological polar surface area (TPSA) is 30.0 Å². The van der Waals surface area contributed by atoms with Crippen LogP contribution < -0.4 is 4.90 Å². The van der Waals surface area contributed by atoms with Crippen molar-refractivity contribution >= 4 is 17.8 Å². The van der Waals surface area contributed by atoms with Gasteiger partial charge in [0.15, 0.2) is 0 Å². The molecule has 0 radical (unpaired) electrons. The van der Waals surface area contributed by atoms with Gasteiger partial charge in [-0.2, -0.15) is 0 Å². The Morgan fingerprint density at radius 2 is 1.65 bits per heavy atom. The number of nitrogens with zero attached hydrogens (tertiary/aromatic N) is 3. The van der Waals surface area contributed by atoms with Gasteiger partial charge in [0.1, 0.15) is 5.75 Å². The van der Waals surface area contributed by atoms with Crippen LogP contribution in [0.15, 0.2) is 24.3 Å². The fourth-order valence-corrected chi connectivity index (χ4v) is 2.71. The van der Waals surface area contributed by atoms with E-state index in [1.54, 1.807) is 24.3 Å². The number of piperazine rings is 1. The van der Waals surface area contributed by atoms with Gasteiger partial charge in [0.05, 0.1) is 0 Å². The van der Waals surface area contributed by atoms with Crippen LogP contribution in [0.5, 0.6) is 5.75 Å². The second kappa shape index (κ2) is 5.62. The van der Waals surface area contributed by atoms with Gasteiger partial charge < -0.3 is 10.0 Å². The van der Waals surface area contributed by atoms with Crippen LogP contribution in [0.2, 0.25) is 0 Å². The Labute approximate surface area is 107 Å². The molecular formula is C12H19N3OS. The summed E-state index contributed by atoms with van der Waals surface area (Å²) in [4.78, 5) is 2.35. The predicted molar refractivity (Wildman–Crippen MR) is 73.2 cm³/mol. The van der Waals surface area contributed by atoms with E-state index in [9.17, 15) is 5.11 Å². The third-order valence-corrected chi connectivity index (χ3v) is 3.65. The van der Waals surface area contributed by atoms with Crippen molar-refractivity contribution in [3.05, 3.63) is 24.3 Å². The normalized spacial score (nSPS) is 17.7. The van der Waals surface area contributed by atoms with Gasteiger partial charge in [0.25, 0.3) is 0 Å². The third-order valence-electron chi connectivity index (χ3n) is 2.73. The second-order valence-electron chi connectivity index (χ2n) is 4.33. The van der Waals surface area contributed by atoms with Crippen molar-refractivity contribution in [3.8, 4) is 5.75 Å². The molecule has 0 saturated carbocycles. The summed E-state index contributed by atoms with van der Waals surface area (Å²) in [5.74, 6) is 0.329. The molecule has 1 aliphatic rings. The van der Waals surface area contributed by atoms with Crippen LogP contribution in [0, 0.1) is 0 Å². The minimum absolute atomic E-state index is 0.329. The average molecular weight is 253 g/mol. The zero-order valence-corrected chi connectivity index (χ0v) is 11.2. The molecule has 0 atom stereocenters. The van der Waals surface area contributed by atoms with E-state index in [1.807, 2.05) is 12.1 Å². The van der Waals surface area contributed by atoms with E-state index in [1.165, 1.54) is 5.69 Å². The number of benzene rings is 1. The molecule has 94 valence electrons. The van der Waals surface area contributed by atoms with Crippen LogP contribution in [-0.2, 0) is 0 Å². The molecule has 17 heavy (non-hydrogen) atoms. The van der Waals surface area contributed by atoms with Gasteiger partial charge in [0.2, 0.25) is 0 Å². The average Bonchev–Trinajstić information content (AvgIpc) is 2.30. The van der Waals surface area contributed by atoms with Crippen LogP contribution in [0.25, 0.3) is 0 Å². The molecule has 1 N–H and O–H groups in total. The van der Waals surface area contributed by atoms with Gasteiger partial charge in [-0.3, -0.25) is 0 Å². The van der Waals surface area contributed by atoms with Crippen molar-refractivity contribution in [1.82, 2.24) is 8.61 Å². The first-order valence-electron chi connectivity index (χ1n) is 5.79. The SMILES string of the molecule is CN(C)SN1CCN(c2ccc(O)cc2)CC1. The zero-order chi connectivity index (χ0) is 12.3. The Bertz CT molecular complexity index is 347. The predicted octanol–water partition coefficient (Wildman–Crippen LogP) is 1.64. The summed E-state index contributed by atoms with van der Waals surface area (Å²) < 4.78 is 4.49. The molecule has 1 aliphatic heterocycles. The van der Waals surface area contributed by atoms with E-state index >= 15 is 0 Å². The molecule has 1 heterocycles. The van der Waals surface area contributed by atoms with E-state index in [0.29, 0.717) is 5.75 Å². The number of hydrogen-bond acceptors (Lipinski definition) is 5. The van der Waals surface area contributed by atoms with E-state index in [2.05, 4.69) is 27.6 Å². The fourth-order valence-electron chi connectivity index (χ4n) is 1.92. The van der Waals surface area contributed by atoms with Gasteiger partial charge in [0, 0.05) is 44.0 Å². The molecule has 1 fully saturated rings. The molecule has 0 bridgehead atoms. The molecule has 0 aromatic heterocycles. The van der Waals surface area contributed by atoms with Gasteiger partial charge in [-0.1, -0.05) is 0 Å². The lowest BCUT2D eigenvalue weighted by atomic mass is 10.2. The number of aromatic hydroxyl groups is 1. The van der Waals surface area contributed by atoms with E-state index in [0.717, 1.165) is 26.2 Å². The van der Waals surface area contributed by atoms with E-state index in [-0.39, 0.29) is 0 Å². The molecule has 0 unspecified atom stereocenters. The largest absolute Gasteiger partial charge is 0.508 e. The quantitative estimate of drug-likeness (QED) is 0.827. The second-order valence-corrected chi connectivity index (χ2v) is 5.74. The maximum atomic E-state index is 9.26. The Balaban J connectivity index is 1.88. The molecule has 0 amide bonds. The molecule has 2 rings (SSSR count). The van der Waals surface area contributed by atoms with E-state index in [4.69, 9.17) is 0 Å². The highest BCUT2D eigenvalue weighted by atomic mass is 32.2. The first kappa shape index (κ1) is 12.5. The Morgan fingerprint density at radius 1 is 1.06 bits per heavy atom. The highest BCUT2D eigenvalue weighted by Gasteiger charge is 2.18. The summed E-state index contributed by atoms with van der Waals surface area (Å²) in [7, 11) is 4.13. The lowest BCUT2D eigenvalue weighted by Gasteiger charge is -2.36. The first-order chi connectivity index (χ1) is 8.15. The van der Waals surface area contributed by atoms with Gasteiger partial charge in [-0.15, -0.1) is 0 Å². The minimum Gasteiger partial charge on any atom is -0.508 e. The van der Waals surface area contributed by atoms with Crippen LogP contribution >= 0.6 is 12.1 Å². The summed E-state index contributed by atoms with van der Waals surface area (Å²) in [5, 5.41) is 9.26. The van der Waals surface area contributed by atoms with Crippen LogP contribution in [0.3, 0.4) is 0 Å². The molecule has 1 aromatic rings. The molecule has 4 nitrogen and oxygen atoms in total. The molecule has 1 saturated heterocycles. The highest BCUT2D eigenvalue weighted by Crippen LogP contribution is 2.22. The van der Waals surface area contributed by atoms with Crippen molar-refractivity contribution in [3.63, 3.8) is 0 Å². The Morgan fingerprint density at radius 3 is 2.18 bits per heavy atom. The Hall–Kier alpha value is -0.910. The molecule has 0 spiro atoms. The van der Waals surface area contributed by atoms with Crippen molar-refractivity contribution in [1.29, 1.82) is 0 Å². The smallest absolute Gasteiger partial charge is 0.115 e.